The van der Waals surface area contributed by atoms with Crippen molar-refractivity contribution in [3.8, 4) is 0 Å². The number of para-hydroxylation sites is 1. The summed E-state index contributed by atoms with van der Waals surface area (Å²) in [4.78, 5) is 37.4. The Morgan fingerprint density at radius 1 is 0.962 bits per heavy atom. The predicted octanol–water partition coefficient (Wildman–Crippen LogP) is 1.27. The van der Waals surface area contributed by atoms with Crippen LogP contribution in [-0.4, -0.2) is 15.5 Å². The molecule has 26 heavy (non-hydrogen) atoms. The summed E-state index contributed by atoms with van der Waals surface area (Å²) < 4.78 is 1.14. The molecule has 2 aromatic carbocycles. The van der Waals surface area contributed by atoms with Gasteiger partial charge in [0.15, 0.2) is 0 Å². The molecule has 1 amide bonds. The minimum atomic E-state index is -0.623. The largest absolute Gasteiger partial charge is 0.328 e. The van der Waals surface area contributed by atoms with Crippen LogP contribution in [0.3, 0.4) is 0 Å². The number of aromatic nitrogens is 2. The van der Waals surface area contributed by atoms with E-state index >= 15 is 0 Å². The van der Waals surface area contributed by atoms with E-state index in [9.17, 15) is 14.4 Å². The number of H-pyrrole nitrogens is 1. The Kier molecular flexibility index (Phi) is 5.28. The second kappa shape index (κ2) is 7.98. The van der Waals surface area contributed by atoms with Crippen LogP contribution in [0.15, 0.2) is 82.5 Å². The van der Waals surface area contributed by atoms with Crippen molar-refractivity contribution in [1.82, 2.24) is 15.0 Å². The summed E-state index contributed by atoms with van der Waals surface area (Å²) in [6, 6.07) is 20.4. The number of nitrogens with one attached hydrogen (secondary N) is 2. The lowest BCUT2D eigenvalue weighted by Crippen LogP contribution is -2.45. The average molecular weight is 350 g/mol. The van der Waals surface area contributed by atoms with Crippen LogP contribution < -0.4 is 21.7 Å². The number of hydrogen-bond acceptors (Lipinski definition) is 4. The molecule has 0 bridgehead atoms. The maximum absolute atomic E-state index is 12.4. The fourth-order valence-corrected chi connectivity index (χ4v) is 2.48. The SMILES string of the molecule is O=C(Cn1ccc(=O)[nH]c1=O)NN(Cc1ccccc1)c1ccccc1. The Hall–Kier alpha value is -3.61. The molecule has 0 aliphatic carbocycles. The van der Waals surface area contributed by atoms with Crippen LogP contribution in [0.2, 0.25) is 0 Å². The van der Waals surface area contributed by atoms with E-state index in [4.69, 9.17) is 0 Å². The molecular weight excluding hydrogens is 332 g/mol. The van der Waals surface area contributed by atoms with E-state index in [-0.39, 0.29) is 12.5 Å². The summed E-state index contributed by atoms with van der Waals surface area (Å²) >= 11 is 0. The number of hydrogen-bond donors (Lipinski definition) is 2. The summed E-state index contributed by atoms with van der Waals surface area (Å²) in [5, 5.41) is 1.72. The van der Waals surface area contributed by atoms with Gasteiger partial charge in [-0.2, -0.15) is 0 Å². The first-order valence-electron chi connectivity index (χ1n) is 8.07. The van der Waals surface area contributed by atoms with Gasteiger partial charge in [-0.05, 0) is 17.7 Å². The molecule has 0 aliphatic heterocycles. The Morgan fingerprint density at radius 3 is 2.27 bits per heavy atom. The minimum absolute atomic E-state index is 0.201. The van der Waals surface area contributed by atoms with Gasteiger partial charge in [-0.1, -0.05) is 48.5 Å². The lowest BCUT2D eigenvalue weighted by molar-refractivity contribution is -0.121. The molecule has 0 aliphatic rings. The van der Waals surface area contributed by atoms with Gasteiger partial charge in [-0.25, -0.2) is 4.79 Å². The highest BCUT2D eigenvalue weighted by Crippen LogP contribution is 2.14. The smallest absolute Gasteiger partial charge is 0.291 e. The van der Waals surface area contributed by atoms with Gasteiger partial charge in [0.1, 0.15) is 6.54 Å². The molecule has 3 aromatic rings. The molecule has 1 heterocycles. The number of nitrogens with zero attached hydrogens (tertiary/aromatic N) is 2. The molecule has 0 atom stereocenters. The molecule has 1 aromatic heterocycles. The molecule has 3 rings (SSSR count). The van der Waals surface area contributed by atoms with E-state index in [2.05, 4.69) is 10.4 Å². The lowest BCUT2D eigenvalue weighted by atomic mass is 10.2. The van der Waals surface area contributed by atoms with Gasteiger partial charge in [-0.3, -0.25) is 29.6 Å². The zero-order valence-electron chi connectivity index (χ0n) is 14.0. The zero-order valence-corrected chi connectivity index (χ0v) is 14.0. The third-order valence-electron chi connectivity index (χ3n) is 3.72. The minimum Gasteiger partial charge on any atom is -0.291 e. The highest BCUT2D eigenvalue weighted by atomic mass is 16.2. The van der Waals surface area contributed by atoms with Gasteiger partial charge in [-0.15, -0.1) is 0 Å². The van der Waals surface area contributed by atoms with Crippen LogP contribution in [0.5, 0.6) is 0 Å². The average Bonchev–Trinajstić information content (AvgIpc) is 2.65. The molecule has 0 spiro atoms. The van der Waals surface area contributed by atoms with Gasteiger partial charge >= 0.3 is 5.69 Å². The van der Waals surface area contributed by atoms with Gasteiger partial charge in [0, 0.05) is 12.3 Å². The number of anilines is 1. The monoisotopic (exact) mass is 350 g/mol. The van der Waals surface area contributed by atoms with Crippen molar-refractivity contribution in [3.05, 3.63) is 99.3 Å². The molecule has 0 radical (unpaired) electrons. The van der Waals surface area contributed by atoms with Crippen LogP contribution >= 0.6 is 0 Å². The fraction of sp³-hybridized carbons (Fsp3) is 0.105. The molecule has 2 N–H and O–H groups in total. The predicted molar refractivity (Wildman–Crippen MR) is 98.5 cm³/mol. The standard InChI is InChI=1S/C19H18N4O3/c24-17-11-12-22(19(26)20-17)14-18(25)21-23(16-9-5-2-6-10-16)13-15-7-3-1-4-8-15/h1-12H,13-14H2,(H,21,25)(H,20,24,26). The summed E-state index contributed by atoms with van der Waals surface area (Å²) in [6.45, 7) is 0.269. The second-order valence-electron chi connectivity index (χ2n) is 5.68. The maximum Gasteiger partial charge on any atom is 0.328 e. The summed E-state index contributed by atoms with van der Waals surface area (Å²) in [7, 11) is 0. The summed E-state index contributed by atoms with van der Waals surface area (Å²) in [5.74, 6) is -0.376. The van der Waals surface area contributed by atoms with Crippen molar-refractivity contribution >= 4 is 11.6 Å². The number of hydrazine groups is 1. The van der Waals surface area contributed by atoms with Crippen LogP contribution in [0, 0.1) is 0 Å². The van der Waals surface area contributed by atoms with Gasteiger partial charge in [0.05, 0.1) is 12.2 Å². The molecule has 132 valence electrons. The highest BCUT2D eigenvalue weighted by Gasteiger charge is 2.12. The quantitative estimate of drug-likeness (QED) is 0.656. The van der Waals surface area contributed by atoms with Crippen molar-refractivity contribution in [2.75, 3.05) is 5.01 Å². The number of carbonyl (C=O) groups is 1. The fourth-order valence-electron chi connectivity index (χ4n) is 2.48. The van der Waals surface area contributed by atoms with E-state index in [1.165, 1.54) is 12.3 Å². The summed E-state index contributed by atoms with van der Waals surface area (Å²) in [5.41, 5.74) is 3.54. The third kappa shape index (κ3) is 4.47. The lowest BCUT2D eigenvalue weighted by Gasteiger charge is -2.25. The molecule has 7 nitrogen and oxygen atoms in total. The van der Waals surface area contributed by atoms with Crippen LogP contribution in [-0.2, 0) is 17.9 Å². The molecule has 0 unspecified atom stereocenters. The molecule has 0 saturated carbocycles. The maximum atomic E-state index is 12.4. The van der Waals surface area contributed by atoms with E-state index in [0.29, 0.717) is 6.54 Å². The number of benzene rings is 2. The highest BCUT2D eigenvalue weighted by molar-refractivity contribution is 5.77. The Labute approximate surface area is 149 Å². The van der Waals surface area contributed by atoms with E-state index < -0.39 is 11.2 Å². The van der Waals surface area contributed by atoms with Gasteiger partial charge in [0.2, 0.25) is 0 Å². The third-order valence-corrected chi connectivity index (χ3v) is 3.72. The topological polar surface area (TPSA) is 87.2 Å². The van der Waals surface area contributed by atoms with Crippen LogP contribution in [0.25, 0.3) is 0 Å². The first kappa shape index (κ1) is 17.2. The number of rotatable bonds is 6. The van der Waals surface area contributed by atoms with Gasteiger partial charge in [0.25, 0.3) is 11.5 Å². The first-order valence-corrected chi connectivity index (χ1v) is 8.07. The molecule has 7 heteroatoms. The number of aromatic amines is 1. The van der Waals surface area contributed by atoms with Crippen molar-refractivity contribution < 1.29 is 4.79 Å². The van der Waals surface area contributed by atoms with Crippen molar-refractivity contribution in [3.63, 3.8) is 0 Å². The normalized spacial score (nSPS) is 10.3. The Balaban J connectivity index is 1.77. The van der Waals surface area contributed by atoms with Crippen molar-refractivity contribution in [2.24, 2.45) is 0 Å². The Bertz CT molecular complexity index is 981. The second-order valence-corrected chi connectivity index (χ2v) is 5.68. The van der Waals surface area contributed by atoms with E-state index in [1.54, 1.807) is 5.01 Å². The first-order chi connectivity index (χ1) is 12.6. The number of amides is 1. The molecular formula is C19H18N4O3. The Morgan fingerprint density at radius 2 is 1.62 bits per heavy atom. The van der Waals surface area contributed by atoms with Crippen molar-refractivity contribution in [1.29, 1.82) is 0 Å². The molecule has 0 fully saturated rings. The molecule has 0 saturated heterocycles. The van der Waals surface area contributed by atoms with E-state index in [0.717, 1.165) is 15.8 Å². The zero-order chi connectivity index (χ0) is 18.4. The van der Waals surface area contributed by atoms with E-state index in [1.807, 2.05) is 60.7 Å². The van der Waals surface area contributed by atoms with Gasteiger partial charge < -0.3 is 0 Å². The van der Waals surface area contributed by atoms with Crippen molar-refractivity contribution in [2.45, 2.75) is 13.1 Å². The van der Waals surface area contributed by atoms with Crippen LogP contribution in [0.4, 0.5) is 5.69 Å². The number of carbonyl (C=O) groups excluding carboxylic acids is 1. The van der Waals surface area contributed by atoms with Crippen LogP contribution in [0.1, 0.15) is 5.56 Å². The summed E-state index contributed by atoms with van der Waals surface area (Å²) in [6.07, 6.45) is 1.30.